The molecule has 1 aromatic carbocycles. The number of carbonyl (C=O) groups excluding carboxylic acids is 1. The molecule has 0 heterocycles. The Hall–Kier alpha value is -1.00. The maximum Gasteiger partial charge on any atom is 0.349 e. The lowest BCUT2D eigenvalue weighted by Crippen LogP contribution is -2.01. The fraction of sp³-hybridized carbons (Fsp3) is 0. The van der Waals surface area contributed by atoms with Crippen LogP contribution in [0.4, 0.5) is 4.79 Å². The lowest BCUT2D eigenvalue weighted by atomic mass is 10.4. The molecule has 0 aliphatic heterocycles. The van der Waals surface area contributed by atoms with Gasteiger partial charge >= 0.3 is 6.03 Å². The SMILES string of the molecule is Clc1ccccc1.NC(=O)N=S. The second-order valence-corrected chi connectivity index (χ2v) is 2.34. The molecule has 0 atom stereocenters. The molecule has 64 valence electrons. The number of hydrogen-bond acceptors (Lipinski definition) is 2. The van der Waals surface area contributed by atoms with Crippen molar-refractivity contribution < 1.29 is 4.79 Å². The van der Waals surface area contributed by atoms with Crippen LogP contribution in [0.15, 0.2) is 34.7 Å². The lowest BCUT2D eigenvalue weighted by molar-refractivity contribution is 0.257. The molecule has 0 spiro atoms. The minimum absolute atomic E-state index is 0.794. The van der Waals surface area contributed by atoms with E-state index in [0.717, 1.165) is 5.02 Å². The molecule has 2 amide bonds. The first-order valence-electron chi connectivity index (χ1n) is 3.00. The Labute approximate surface area is 80.7 Å². The van der Waals surface area contributed by atoms with E-state index in [4.69, 9.17) is 11.6 Å². The van der Waals surface area contributed by atoms with Gasteiger partial charge in [-0.05, 0) is 12.1 Å². The molecule has 5 heteroatoms. The average Bonchev–Trinajstić information content (AvgIpc) is 2.07. The average molecular weight is 203 g/mol. The molecule has 2 N–H and O–H groups in total. The normalized spacial score (nSPS) is 7.75. The number of urea groups is 1. The first-order chi connectivity index (χ1) is 5.66. The van der Waals surface area contributed by atoms with Gasteiger partial charge < -0.3 is 5.73 Å². The van der Waals surface area contributed by atoms with Crippen LogP contribution < -0.4 is 5.73 Å². The molecular formula is C7H7ClN2OS. The van der Waals surface area contributed by atoms with Gasteiger partial charge in [0.25, 0.3) is 0 Å². The molecule has 0 saturated carbocycles. The fourth-order valence-electron chi connectivity index (χ4n) is 0.415. The summed E-state index contributed by atoms with van der Waals surface area (Å²) in [6, 6.07) is 8.64. The highest BCUT2D eigenvalue weighted by Crippen LogP contribution is 2.03. The number of carbonyl (C=O) groups is 1. The Morgan fingerprint density at radius 1 is 1.42 bits per heavy atom. The van der Waals surface area contributed by atoms with Crippen molar-refractivity contribution in [1.82, 2.24) is 0 Å². The van der Waals surface area contributed by atoms with Crippen molar-refractivity contribution in [3.8, 4) is 0 Å². The van der Waals surface area contributed by atoms with Gasteiger partial charge in [-0.1, -0.05) is 29.8 Å². The summed E-state index contributed by atoms with van der Waals surface area (Å²) in [7, 11) is 0. The third-order valence-corrected chi connectivity index (χ3v) is 1.26. The fourth-order valence-corrected chi connectivity index (χ4v) is 0.560. The second kappa shape index (κ2) is 6.69. The molecular weight excluding hydrogens is 196 g/mol. The van der Waals surface area contributed by atoms with E-state index in [1.165, 1.54) is 0 Å². The third kappa shape index (κ3) is 7.11. The highest BCUT2D eigenvalue weighted by atomic mass is 35.5. The molecule has 0 unspecified atom stereocenters. The van der Waals surface area contributed by atoms with Gasteiger partial charge in [0.15, 0.2) is 0 Å². The van der Waals surface area contributed by atoms with Crippen LogP contribution in [-0.2, 0) is 12.4 Å². The molecule has 0 radical (unpaired) electrons. The summed E-state index contributed by atoms with van der Waals surface area (Å²) in [5, 5.41) is 0.794. The molecule has 0 fully saturated rings. The van der Waals surface area contributed by atoms with Gasteiger partial charge in [-0.15, -0.1) is 4.36 Å². The van der Waals surface area contributed by atoms with Crippen LogP contribution in [0, 0.1) is 0 Å². The van der Waals surface area contributed by atoms with E-state index in [1.54, 1.807) is 0 Å². The van der Waals surface area contributed by atoms with E-state index in [2.05, 4.69) is 22.5 Å². The number of amides is 2. The topological polar surface area (TPSA) is 55.5 Å². The number of nitrogens with two attached hydrogens (primary N) is 1. The summed E-state index contributed by atoms with van der Waals surface area (Å²) in [6.07, 6.45) is 0. The van der Waals surface area contributed by atoms with Crippen LogP contribution in [0.3, 0.4) is 0 Å². The molecule has 1 rings (SSSR count). The first kappa shape index (κ1) is 11.0. The number of rotatable bonds is 0. The number of nitrogens with zero attached hydrogens (tertiary/aromatic N) is 1. The first-order valence-corrected chi connectivity index (χ1v) is 3.74. The molecule has 12 heavy (non-hydrogen) atoms. The maximum absolute atomic E-state index is 9.32. The second-order valence-electron chi connectivity index (χ2n) is 1.73. The highest BCUT2D eigenvalue weighted by molar-refractivity contribution is 7.47. The summed E-state index contributed by atoms with van der Waals surface area (Å²) in [6.45, 7) is 0. The van der Waals surface area contributed by atoms with Gasteiger partial charge in [0.05, 0.1) is 0 Å². The number of primary amides is 1. The molecule has 0 aliphatic rings. The minimum atomic E-state index is -0.806. The highest BCUT2D eigenvalue weighted by Gasteiger charge is 1.75. The van der Waals surface area contributed by atoms with Crippen molar-refractivity contribution in [2.75, 3.05) is 0 Å². The van der Waals surface area contributed by atoms with Crippen molar-refractivity contribution in [1.29, 1.82) is 0 Å². The maximum atomic E-state index is 9.32. The van der Waals surface area contributed by atoms with Crippen molar-refractivity contribution in [3.63, 3.8) is 0 Å². The minimum Gasteiger partial charge on any atom is -0.349 e. The van der Waals surface area contributed by atoms with E-state index in [-0.39, 0.29) is 0 Å². The molecule has 0 bridgehead atoms. The predicted molar refractivity (Wildman–Crippen MR) is 50.8 cm³/mol. The summed E-state index contributed by atoms with van der Waals surface area (Å²) in [4.78, 5) is 9.32. The monoisotopic (exact) mass is 202 g/mol. The van der Waals surface area contributed by atoms with Crippen LogP contribution >= 0.6 is 11.6 Å². The van der Waals surface area contributed by atoms with Gasteiger partial charge in [0.2, 0.25) is 0 Å². The van der Waals surface area contributed by atoms with Crippen molar-refractivity contribution in [2.45, 2.75) is 0 Å². The molecule has 3 nitrogen and oxygen atoms in total. The molecule has 1 aromatic rings. The third-order valence-electron chi connectivity index (χ3n) is 0.823. The Kier molecular flexibility index (Phi) is 6.14. The quantitative estimate of drug-likeness (QED) is 0.701. The lowest BCUT2D eigenvalue weighted by Gasteiger charge is -1.80. The van der Waals surface area contributed by atoms with Crippen LogP contribution in [-0.4, -0.2) is 6.03 Å². The van der Waals surface area contributed by atoms with Gasteiger partial charge in [-0.3, -0.25) is 0 Å². The van der Waals surface area contributed by atoms with Crippen molar-refractivity contribution in [2.24, 2.45) is 10.1 Å². The van der Waals surface area contributed by atoms with Gasteiger partial charge in [0.1, 0.15) is 0 Å². The van der Waals surface area contributed by atoms with Gasteiger partial charge in [-0.25, -0.2) is 4.79 Å². The summed E-state index contributed by atoms with van der Waals surface area (Å²) >= 11 is 9.37. The zero-order chi connectivity index (χ0) is 9.40. The van der Waals surface area contributed by atoms with Crippen molar-refractivity contribution >= 4 is 30.1 Å². The van der Waals surface area contributed by atoms with Crippen LogP contribution in [0.5, 0.6) is 0 Å². The van der Waals surface area contributed by atoms with Gasteiger partial charge in [0, 0.05) is 17.4 Å². The Bertz CT molecular complexity index is 253. The van der Waals surface area contributed by atoms with E-state index in [1.807, 2.05) is 30.3 Å². The molecule has 0 aliphatic carbocycles. The van der Waals surface area contributed by atoms with Crippen LogP contribution in [0.25, 0.3) is 0 Å². The summed E-state index contributed by atoms with van der Waals surface area (Å²) in [5.74, 6) is 0. The zero-order valence-electron chi connectivity index (χ0n) is 6.11. The Morgan fingerprint density at radius 3 is 2.00 bits per heavy atom. The standard InChI is InChI=1S/C6H5Cl.CH2N2OS/c7-6-4-2-1-3-5-6;2-1(4)3-5/h1-5H;(H2,2,4). The number of halogens is 1. The zero-order valence-corrected chi connectivity index (χ0v) is 7.68. The Morgan fingerprint density at radius 2 is 1.83 bits per heavy atom. The largest absolute Gasteiger partial charge is 0.349 e. The van der Waals surface area contributed by atoms with Crippen molar-refractivity contribution in [3.05, 3.63) is 35.4 Å². The van der Waals surface area contributed by atoms with E-state index >= 15 is 0 Å². The van der Waals surface area contributed by atoms with Crippen LogP contribution in [0.1, 0.15) is 0 Å². The van der Waals surface area contributed by atoms with Crippen LogP contribution in [0.2, 0.25) is 5.02 Å². The van der Waals surface area contributed by atoms with Gasteiger partial charge in [-0.2, -0.15) is 0 Å². The summed E-state index contributed by atoms with van der Waals surface area (Å²) in [5.41, 5.74) is 4.38. The molecule has 0 aromatic heterocycles. The molecule has 0 saturated heterocycles. The van der Waals surface area contributed by atoms with E-state index < -0.39 is 6.03 Å². The van der Waals surface area contributed by atoms with E-state index in [0.29, 0.717) is 0 Å². The summed E-state index contributed by atoms with van der Waals surface area (Å²) < 4.78 is 2.61. The van der Waals surface area contributed by atoms with E-state index in [9.17, 15) is 4.79 Å². The number of hydrogen-bond donors (Lipinski definition) is 1. The number of benzene rings is 1. The predicted octanol–water partition coefficient (Wildman–Crippen LogP) is 2.14. The Balaban J connectivity index is 0.000000217. The smallest absolute Gasteiger partial charge is 0.349 e.